The molecule has 0 atom stereocenters. The number of hydrogen-bond acceptors (Lipinski definition) is 5. The molecule has 4 N–H and O–H groups in total. The van der Waals surface area contributed by atoms with Crippen LogP contribution in [-0.4, -0.2) is 45.2 Å². The van der Waals surface area contributed by atoms with Crippen molar-refractivity contribution >= 4 is 17.1 Å². The number of anilines is 3. The number of halogens is 3. The van der Waals surface area contributed by atoms with Crippen LogP contribution >= 0.6 is 0 Å². The summed E-state index contributed by atoms with van der Waals surface area (Å²) < 4.78 is 42.0. The third-order valence-corrected chi connectivity index (χ3v) is 3.86. The van der Waals surface area contributed by atoms with Crippen molar-refractivity contribution in [1.82, 2.24) is 15.6 Å². The maximum atomic E-state index is 14.3. The Balaban J connectivity index is 0.00000204. The molecule has 5 nitrogen and oxygen atoms in total. The van der Waals surface area contributed by atoms with E-state index in [4.69, 9.17) is 0 Å². The molecule has 0 spiro atoms. The van der Waals surface area contributed by atoms with E-state index in [1.165, 1.54) is 18.2 Å². The first-order valence-corrected chi connectivity index (χ1v) is 9.74. The molecule has 0 saturated heterocycles. The Labute approximate surface area is 171 Å². The largest absolute Gasteiger partial charge is 0.349 e. The summed E-state index contributed by atoms with van der Waals surface area (Å²) in [5.41, 5.74) is 6.70. The lowest BCUT2D eigenvalue weighted by Crippen LogP contribution is -2.34. The first kappa shape index (κ1) is 24.7. The third kappa shape index (κ3) is 8.31. The summed E-state index contributed by atoms with van der Waals surface area (Å²) in [6.45, 7) is 8.77. The highest BCUT2D eigenvalue weighted by Gasteiger charge is 2.15. The first-order valence-electron chi connectivity index (χ1n) is 9.74. The van der Waals surface area contributed by atoms with Crippen molar-refractivity contribution in [2.24, 2.45) is 0 Å². The van der Waals surface area contributed by atoms with Crippen molar-refractivity contribution in [2.75, 3.05) is 51.0 Å². The van der Waals surface area contributed by atoms with Crippen LogP contribution in [0.5, 0.6) is 0 Å². The molecule has 0 amide bonds. The lowest BCUT2D eigenvalue weighted by atomic mass is 10.2. The number of likely N-dealkylation sites (N-methyl/N-ethyl adjacent to an activating group) is 1. The number of aryl methyl sites for hydroxylation is 1. The Morgan fingerprint density at radius 1 is 0.862 bits per heavy atom. The van der Waals surface area contributed by atoms with E-state index >= 15 is 0 Å². The molecule has 0 fully saturated rings. The van der Waals surface area contributed by atoms with Crippen LogP contribution < -0.4 is 21.5 Å². The number of nitrogens with one attached hydrogen (secondary N) is 4. The van der Waals surface area contributed by atoms with Crippen LogP contribution in [0.25, 0.3) is 0 Å². The van der Waals surface area contributed by atoms with Gasteiger partial charge in [0.2, 0.25) is 0 Å². The molecule has 0 bridgehead atoms. The van der Waals surface area contributed by atoms with E-state index in [2.05, 4.69) is 26.4 Å². The fraction of sp³-hybridized carbons (Fsp3) is 0.429. The lowest BCUT2D eigenvalue weighted by Gasteiger charge is -2.17. The van der Waals surface area contributed by atoms with E-state index in [0.717, 1.165) is 24.7 Å². The molecular weight excluding hydrogens is 379 g/mol. The second-order valence-electron chi connectivity index (χ2n) is 6.50. The number of benzene rings is 2. The van der Waals surface area contributed by atoms with Crippen LogP contribution in [0.15, 0.2) is 30.3 Å². The standard InChI is InChI=1S/C19H26F3N5.C2H6/c1-13-4-6-16(15(21)12-13)25-19-17(7-5-14(20)18(19)22)26-24-9-8-23-10-11-27(2)3;1-2/h4-7,12,23-26H,8-11H2,1-3H3;1-2H3. The minimum atomic E-state index is -1.08. The van der Waals surface area contributed by atoms with Crippen molar-refractivity contribution < 1.29 is 13.2 Å². The SMILES string of the molecule is CC.Cc1ccc(Nc2c(NNCCNCCN(C)C)ccc(F)c2F)c(F)c1. The number of nitrogens with zero attached hydrogens (tertiary/aromatic N) is 1. The maximum absolute atomic E-state index is 14.3. The van der Waals surface area contributed by atoms with E-state index in [0.29, 0.717) is 13.1 Å². The maximum Gasteiger partial charge on any atom is 0.184 e. The zero-order valence-corrected chi connectivity index (χ0v) is 17.8. The van der Waals surface area contributed by atoms with Crippen molar-refractivity contribution in [3.8, 4) is 0 Å². The molecule has 0 aliphatic heterocycles. The van der Waals surface area contributed by atoms with Gasteiger partial charge in [-0.1, -0.05) is 19.9 Å². The molecule has 2 aromatic carbocycles. The zero-order chi connectivity index (χ0) is 21.8. The molecule has 0 heterocycles. The minimum absolute atomic E-state index is 0.0681. The first-order chi connectivity index (χ1) is 13.9. The predicted molar refractivity (Wildman–Crippen MR) is 115 cm³/mol. The van der Waals surface area contributed by atoms with Crippen molar-refractivity contribution in [3.05, 3.63) is 53.3 Å². The average Bonchev–Trinajstić information content (AvgIpc) is 2.69. The Morgan fingerprint density at radius 3 is 2.21 bits per heavy atom. The molecule has 0 radical (unpaired) electrons. The van der Waals surface area contributed by atoms with Gasteiger partial charge in [0.15, 0.2) is 11.6 Å². The van der Waals surface area contributed by atoms with Gasteiger partial charge in [0.1, 0.15) is 11.5 Å². The normalized spacial score (nSPS) is 10.5. The second-order valence-corrected chi connectivity index (χ2v) is 6.50. The summed E-state index contributed by atoms with van der Waals surface area (Å²) in [6, 6.07) is 6.91. The van der Waals surface area contributed by atoms with Gasteiger partial charge in [-0.05, 0) is 50.8 Å². The highest BCUT2D eigenvalue weighted by atomic mass is 19.2. The molecule has 0 aliphatic rings. The van der Waals surface area contributed by atoms with Crippen LogP contribution in [0.3, 0.4) is 0 Å². The molecule has 29 heavy (non-hydrogen) atoms. The van der Waals surface area contributed by atoms with Crippen LogP contribution in [0.2, 0.25) is 0 Å². The quantitative estimate of drug-likeness (QED) is 0.348. The Bertz CT molecular complexity index is 753. The van der Waals surface area contributed by atoms with E-state index < -0.39 is 17.5 Å². The van der Waals surface area contributed by atoms with E-state index in [1.807, 2.05) is 27.9 Å². The van der Waals surface area contributed by atoms with Gasteiger partial charge in [0.25, 0.3) is 0 Å². The van der Waals surface area contributed by atoms with Gasteiger partial charge in [-0.15, -0.1) is 0 Å². The van der Waals surface area contributed by atoms with Crippen molar-refractivity contribution in [2.45, 2.75) is 20.8 Å². The Hall–Kier alpha value is -2.29. The summed E-state index contributed by atoms with van der Waals surface area (Å²) >= 11 is 0. The fourth-order valence-electron chi connectivity index (χ4n) is 2.37. The lowest BCUT2D eigenvalue weighted by molar-refractivity contribution is 0.400. The van der Waals surface area contributed by atoms with Gasteiger partial charge in [0.05, 0.1) is 11.4 Å². The molecule has 0 aliphatic carbocycles. The Morgan fingerprint density at radius 2 is 1.55 bits per heavy atom. The van der Waals surface area contributed by atoms with Crippen LogP contribution in [0.1, 0.15) is 19.4 Å². The zero-order valence-electron chi connectivity index (χ0n) is 17.8. The topological polar surface area (TPSA) is 51.4 Å². The molecular formula is C21H32F3N5. The van der Waals surface area contributed by atoms with Crippen LogP contribution in [0.4, 0.5) is 30.2 Å². The highest BCUT2D eigenvalue weighted by Crippen LogP contribution is 2.31. The highest BCUT2D eigenvalue weighted by molar-refractivity contribution is 5.75. The molecule has 0 unspecified atom stereocenters. The summed E-state index contributed by atoms with van der Waals surface area (Å²) in [7, 11) is 3.99. The van der Waals surface area contributed by atoms with E-state index in [-0.39, 0.29) is 17.1 Å². The predicted octanol–water partition coefficient (Wildman–Crippen LogP) is 4.25. The molecule has 0 aromatic heterocycles. The molecule has 162 valence electrons. The van der Waals surface area contributed by atoms with Gasteiger partial charge in [-0.25, -0.2) is 18.6 Å². The van der Waals surface area contributed by atoms with Crippen molar-refractivity contribution in [1.29, 1.82) is 0 Å². The number of hydrazine groups is 1. The summed E-state index contributed by atoms with van der Waals surface area (Å²) in [5.74, 6) is -2.63. The molecule has 8 heteroatoms. The van der Waals surface area contributed by atoms with Crippen LogP contribution in [0, 0.1) is 24.4 Å². The smallest absolute Gasteiger partial charge is 0.184 e. The third-order valence-electron chi connectivity index (χ3n) is 3.86. The van der Waals surface area contributed by atoms with Gasteiger partial charge < -0.3 is 21.0 Å². The number of hydrogen-bond donors (Lipinski definition) is 4. The van der Waals surface area contributed by atoms with Crippen molar-refractivity contribution in [3.63, 3.8) is 0 Å². The molecule has 2 rings (SSSR count). The molecule has 2 aromatic rings. The van der Waals surface area contributed by atoms with Gasteiger partial charge in [0, 0.05) is 26.2 Å². The number of rotatable bonds is 10. The van der Waals surface area contributed by atoms with E-state index in [1.54, 1.807) is 13.0 Å². The van der Waals surface area contributed by atoms with Crippen LogP contribution in [-0.2, 0) is 0 Å². The van der Waals surface area contributed by atoms with Gasteiger partial charge in [-0.3, -0.25) is 0 Å². The fourth-order valence-corrected chi connectivity index (χ4v) is 2.37. The Kier molecular flexibility index (Phi) is 11.1. The summed E-state index contributed by atoms with van der Waals surface area (Å²) in [4.78, 5) is 2.07. The minimum Gasteiger partial charge on any atom is -0.349 e. The van der Waals surface area contributed by atoms with E-state index in [9.17, 15) is 13.2 Å². The summed E-state index contributed by atoms with van der Waals surface area (Å²) in [6.07, 6.45) is 0. The summed E-state index contributed by atoms with van der Waals surface area (Å²) in [5, 5.41) is 5.88. The van der Waals surface area contributed by atoms with Gasteiger partial charge >= 0.3 is 0 Å². The molecule has 0 saturated carbocycles. The monoisotopic (exact) mass is 411 g/mol. The van der Waals surface area contributed by atoms with Gasteiger partial charge in [-0.2, -0.15) is 0 Å². The average molecular weight is 412 g/mol. The second kappa shape index (κ2) is 13.0.